The van der Waals surface area contributed by atoms with Gasteiger partial charge in [0.25, 0.3) is 0 Å². The molecule has 0 aliphatic rings. The van der Waals surface area contributed by atoms with Crippen LogP contribution in [-0.4, -0.2) is 19.2 Å². The molecule has 0 N–H and O–H groups in total. The van der Waals surface area contributed by atoms with E-state index in [4.69, 9.17) is 4.74 Å². The molecule has 1 rings (SSSR count). The van der Waals surface area contributed by atoms with E-state index in [9.17, 15) is 14.0 Å². The lowest BCUT2D eigenvalue weighted by molar-refractivity contribution is 0.100. The maximum atomic E-state index is 13.1. The zero-order chi connectivity index (χ0) is 10.7. The molecule has 0 unspecified atom stereocenters. The van der Waals surface area contributed by atoms with Crippen LogP contribution in [0.3, 0.4) is 0 Å². The number of aldehydes is 1. The Morgan fingerprint density at radius 1 is 1.50 bits per heavy atom. The maximum absolute atomic E-state index is 13.1. The van der Waals surface area contributed by atoms with Crippen molar-refractivity contribution in [2.45, 2.75) is 6.92 Å². The SMILES string of the molecule is COc1c(F)ccc(C=O)c1C(C)=O. The first-order valence-electron chi connectivity index (χ1n) is 3.94. The second-order valence-corrected chi connectivity index (χ2v) is 2.72. The van der Waals surface area contributed by atoms with E-state index in [1.165, 1.54) is 20.1 Å². The summed E-state index contributed by atoms with van der Waals surface area (Å²) in [4.78, 5) is 21.7. The van der Waals surface area contributed by atoms with Crippen molar-refractivity contribution in [2.24, 2.45) is 0 Å². The number of methoxy groups -OCH3 is 1. The van der Waals surface area contributed by atoms with Crippen molar-refractivity contribution in [2.75, 3.05) is 7.11 Å². The van der Waals surface area contributed by atoms with Crippen LogP contribution in [-0.2, 0) is 0 Å². The minimum absolute atomic E-state index is 0.0116. The Morgan fingerprint density at radius 2 is 2.14 bits per heavy atom. The minimum atomic E-state index is -0.650. The minimum Gasteiger partial charge on any atom is -0.493 e. The van der Waals surface area contributed by atoms with Gasteiger partial charge in [0.2, 0.25) is 0 Å². The standard InChI is InChI=1S/C10H9FO3/c1-6(13)9-7(5-12)3-4-8(11)10(9)14-2/h3-5H,1-2H3. The number of carbonyl (C=O) groups is 2. The molecule has 14 heavy (non-hydrogen) atoms. The van der Waals surface area contributed by atoms with Crippen molar-refractivity contribution >= 4 is 12.1 Å². The third-order valence-electron chi connectivity index (χ3n) is 1.83. The third-order valence-corrected chi connectivity index (χ3v) is 1.83. The normalized spacial score (nSPS) is 9.64. The molecule has 0 amide bonds. The molecule has 0 bridgehead atoms. The van der Waals surface area contributed by atoms with Crippen LogP contribution >= 0.6 is 0 Å². The van der Waals surface area contributed by atoms with Gasteiger partial charge in [0.15, 0.2) is 23.6 Å². The highest BCUT2D eigenvalue weighted by molar-refractivity contribution is 6.03. The Labute approximate surface area is 80.5 Å². The van der Waals surface area contributed by atoms with E-state index in [1.54, 1.807) is 0 Å². The summed E-state index contributed by atoms with van der Waals surface area (Å²) in [6, 6.07) is 2.34. The Kier molecular flexibility index (Phi) is 2.96. The molecule has 0 aliphatic carbocycles. The maximum Gasteiger partial charge on any atom is 0.165 e. The third kappa shape index (κ3) is 1.64. The van der Waals surface area contributed by atoms with Gasteiger partial charge in [0, 0.05) is 5.56 Å². The topological polar surface area (TPSA) is 43.4 Å². The highest BCUT2D eigenvalue weighted by Gasteiger charge is 2.17. The molecular weight excluding hydrogens is 187 g/mol. The number of ether oxygens (including phenoxy) is 1. The van der Waals surface area contributed by atoms with Crippen molar-refractivity contribution in [1.82, 2.24) is 0 Å². The highest BCUT2D eigenvalue weighted by Crippen LogP contribution is 2.25. The molecule has 4 heteroatoms. The first-order valence-corrected chi connectivity index (χ1v) is 3.94. The van der Waals surface area contributed by atoms with Gasteiger partial charge in [-0.15, -0.1) is 0 Å². The zero-order valence-corrected chi connectivity index (χ0v) is 7.83. The monoisotopic (exact) mass is 196 g/mol. The van der Waals surface area contributed by atoms with Gasteiger partial charge in [0.1, 0.15) is 0 Å². The van der Waals surface area contributed by atoms with E-state index in [1.807, 2.05) is 0 Å². The van der Waals surface area contributed by atoms with Gasteiger partial charge in [-0.3, -0.25) is 9.59 Å². The number of benzene rings is 1. The van der Waals surface area contributed by atoms with Crippen LogP contribution in [0.1, 0.15) is 27.6 Å². The number of rotatable bonds is 3. The van der Waals surface area contributed by atoms with E-state index < -0.39 is 11.6 Å². The summed E-state index contributed by atoms with van der Waals surface area (Å²) in [5, 5.41) is 0. The molecule has 0 spiro atoms. The van der Waals surface area contributed by atoms with Crippen molar-refractivity contribution in [3.05, 3.63) is 29.1 Å². The van der Waals surface area contributed by atoms with Crippen LogP contribution in [0.25, 0.3) is 0 Å². The first kappa shape index (κ1) is 10.4. The van der Waals surface area contributed by atoms with Crippen molar-refractivity contribution in [1.29, 1.82) is 0 Å². The number of Topliss-reactive ketones (excluding diaryl/α,β-unsaturated/α-hetero) is 1. The van der Waals surface area contributed by atoms with Gasteiger partial charge < -0.3 is 4.74 Å². The van der Waals surface area contributed by atoms with Crippen molar-refractivity contribution < 1.29 is 18.7 Å². The summed E-state index contributed by atoms with van der Waals surface area (Å²) in [7, 11) is 1.25. The molecule has 1 aromatic rings. The lowest BCUT2D eigenvalue weighted by atomic mass is 10.0. The number of carbonyl (C=O) groups excluding carboxylic acids is 2. The summed E-state index contributed by atoms with van der Waals surface area (Å²) < 4.78 is 17.9. The van der Waals surface area contributed by atoms with Crippen LogP contribution in [0.2, 0.25) is 0 Å². The molecule has 0 atom stereocenters. The fourth-order valence-corrected chi connectivity index (χ4v) is 1.23. The van der Waals surface area contributed by atoms with Crippen LogP contribution in [0.15, 0.2) is 12.1 Å². The largest absolute Gasteiger partial charge is 0.493 e. The average molecular weight is 196 g/mol. The quantitative estimate of drug-likeness (QED) is 0.547. The Bertz CT molecular complexity index is 385. The molecule has 3 nitrogen and oxygen atoms in total. The van der Waals surface area contributed by atoms with Gasteiger partial charge in [-0.2, -0.15) is 0 Å². The molecule has 74 valence electrons. The van der Waals surface area contributed by atoms with Crippen molar-refractivity contribution in [3.8, 4) is 5.75 Å². The number of hydrogen-bond donors (Lipinski definition) is 0. The summed E-state index contributed by atoms with van der Waals surface area (Å²) in [6.07, 6.45) is 0.499. The molecule has 0 saturated carbocycles. The van der Waals surface area contributed by atoms with Gasteiger partial charge in [-0.05, 0) is 19.1 Å². The second kappa shape index (κ2) is 4.00. The first-order chi connectivity index (χ1) is 6.61. The fourth-order valence-electron chi connectivity index (χ4n) is 1.23. The van der Waals surface area contributed by atoms with Crippen LogP contribution < -0.4 is 4.74 Å². The summed E-state index contributed by atoms with van der Waals surface area (Å²) >= 11 is 0. The molecule has 1 aromatic carbocycles. The Morgan fingerprint density at radius 3 is 2.57 bits per heavy atom. The number of ketones is 1. The molecule has 0 aliphatic heterocycles. The fraction of sp³-hybridized carbons (Fsp3) is 0.200. The van der Waals surface area contributed by atoms with Crippen LogP contribution in [0.4, 0.5) is 4.39 Å². The van der Waals surface area contributed by atoms with E-state index in [0.29, 0.717) is 6.29 Å². The predicted octanol–water partition coefficient (Wildman–Crippen LogP) is 1.85. The average Bonchev–Trinajstić information content (AvgIpc) is 2.17. The van der Waals surface area contributed by atoms with Gasteiger partial charge in [-0.25, -0.2) is 4.39 Å². The lowest BCUT2D eigenvalue weighted by Gasteiger charge is -2.08. The van der Waals surface area contributed by atoms with Gasteiger partial charge in [0.05, 0.1) is 12.7 Å². The van der Waals surface area contributed by atoms with Crippen LogP contribution in [0.5, 0.6) is 5.75 Å². The zero-order valence-electron chi connectivity index (χ0n) is 7.83. The smallest absolute Gasteiger partial charge is 0.165 e. The predicted molar refractivity (Wildman–Crippen MR) is 48.3 cm³/mol. The molecular formula is C10H9FO3. The van der Waals surface area contributed by atoms with E-state index in [0.717, 1.165) is 6.07 Å². The summed E-state index contributed by atoms with van der Waals surface area (Å²) in [5.41, 5.74) is 0.123. The second-order valence-electron chi connectivity index (χ2n) is 2.72. The Balaban J connectivity index is 3.51. The van der Waals surface area contributed by atoms with Crippen LogP contribution in [0, 0.1) is 5.82 Å². The number of hydrogen-bond acceptors (Lipinski definition) is 3. The molecule has 0 aromatic heterocycles. The molecule has 0 saturated heterocycles. The molecule has 0 fully saturated rings. The Hall–Kier alpha value is -1.71. The van der Waals surface area contributed by atoms with E-state index in [2.05, 4.69) is 0 Å². The van der Waals surface area contributed by atoms with E-state index >= 15 is 0 Å². The van der Waals surface area contributed by atoms with Gasteiger partial charge >= 0.3 is 0 Å². The molecule has 0 heterocycles. The van der Waals surface area contributed by atoms with Crippen molar-refractivity contribution in [3.63, 3.8) is 0 Å². The summed E-state index contributed by atoms with van der Waals surface area (Å²) in [6.45, 7) is 1.25. The number of halogens is 1. The lowest BCUT2D eigenvalue weighted by Crippen LogP contribution is -2.04. The van der Waals surface area contributed by atoms with E-state index in [-0.39, 0.29) is 16.9 Å². The highest BCUT2D eigenvalue weighted by atomic mass is 19.1. The summed E-state index contributed by atoms with van der Waals surface area (Å²) in [5.74, 6) is -1.23. The molecule has 0 radical (unpaired) electrons. The van der Waals surface area contributed by atoms with Gasteiger partial charge in [-0.1, -0.05) is 0 Å².